The van der Waals surface area contributed by atoms with E-state index in [4.69, 9.17) is 0 Å². The zero-order chi connectivity index (χ0) is 10.3. The summed E-state index contributed by atoms with van der Waals surface area (Å²) in [6.07, 6.45) is 10.4. The number of nitrogens with one attached hydrogen (secondary N) is 1. The van der Waals surface area contributed by atoms with Crippen LogP contribution in [0.5, 0.6) is 0 Å². The highest BCUT2D eigenvalue weighted by Gasteiger charge is 2.41. The van der Waals surface area contributed by atoms with Crippen molar-refractivity contribution >= 4 is 0 Å². The van der Waals surface area contributed by atoms with E-state index in [1.165, 1.54) is 51.5 Å². The molecule has 1 N–H and O–H groups in total. The fourth-order valence-electron chi connectivity index (χ4n) is 3.46. The summed E-state index contributed by atoms with van der Waals surface area (Å²) in [5.74, 6) is 4.26. The van der Waals surface area contributed by atoms with Crippen molar-refractivity contribution in [2.24, 2.45) is 23.7 Å². The van der Waals surface area contributed by atoms with Gasteiger partial charge in [0.2, 0.25) is 0 Å². The molecule has 0 amide bonds. The Kier molecular flexibility index (Phi) is 2.76. The van der Waals surface area contributed by atoms with Crippen LogP contribution < -0.4 is 5.32 Å². The number of hydrogen-bond acceptors (Lipinski definition) is 1. The fraction of sp³-hybridized carbons (Fsp3) is 1.00. The minimum Gasteiger partial charge on any atom is -0.314 e. The maximum absolute atomic E-state index is 3.85. The van der Waals surface area contributed by atoms with Gasteiger partial charge in [-0.25, -0.2) is 0 Å². The highest BCUT2D eigenvalue weighted by Crippen LogP contribution is 2.48. The van der Waals surface area contributed by atoms with E-state index in [2.05, 4.69) is 12.2 Å². The van der Waals surface area contributed by atoms with Crippen molar-refractivity contribution in [1.29, 1.82) is 0 Å². The highest BCUT2D eigenvalue weighted by atomic mass is 14.9. The van der Waals surface area contributed by atoms with Crippen molar-refractivity contribution in [1.82, 2.24) is 5.32 Å². The molecule has 2 atom stereocenters. The van der Waals surface area contributed by atoms with Gasteiger partial charge in [-0.1, -0.05) is 6.92 Å². The second-order valence-electron chi connectivity index (χ2n) is 6.36. The summed E-state index contributed by atoms with van der Waals surface area (Å²) in [5, 5.41) is 3.85. The van der Waals surface area contributed by atoms with Gasteiger partial charge in [0.25, 0.3) is 0 Å². The van der Waals surface area contributed by atoms with Gasteiger partial charge in [-0.15, -0.1) is 0 Å². The average Bonchev–Trinajstić information content (AvgIpc) is 3.09. The van der Waals surface area contributed by atoms with Crippen LogP contribution in [0.15, 0.2) is 0 Å². The summed E-state index contributed by atoms with van der Waals surface area (Å²) in [4.78, 5) is 0. The average molecular weight is 207 g/mol. The Hall–Kier alpha value is -0.0400. The summed E-state index contributed by atoms with van der Waals surface area (Å²) >= 11 is 0. The van der Waals surface area contributed by atoms with E-state index in [1.54, 1.807) is 0 Å². The van der Waals surface area contributed by atoms with Gasteiger partial charge in [0.05, 0.1) is 0 Å². The van der Waals surface area contributed by atoms with Gasteiger partial charge in [-0.3, -0.25) is 0 Å². The Morgan fingerprint density at radius 1 is 1.00 bits per heavy atom. The molecule has 86 valence electrons. The van der Waals surface area contributed by atoms with Crippen LogP contribution >= 0.6 is 0 Å². The van der Waals surface area contributed by atoms with Crippen LogP contribution in [0.4, 0.5) is 0 Å². The van der Waals surface area contributed by atoms with Crippen LogP contribution in [0.25, 0.3) is 0 Å². The van der Waals surface area contributed by atoms with Crippen LogP contribution in [0.2, 0.25) is 0 Å². The van der Waals surface area contributed by atoms with Crippen LogP contribution in [-0.2, 0) is 0 Å². The topological polar surface area (TPSA) is 12.0 Å². The van der Waals surface area contributed by atoms with Crippen molar-refractivity contribution < 1.29 is 0 Å². The molecule has 3 fully saturated rings. The molecule has 0 spiro atoms. The Labute approximate surface area is 94.0 Å². The Morgan fingerprint density at radius 3 is 2.13 bits per heavy atom. The van der Waals surface area contributed by atoms with E-state index >= 15 is 0 Å². The monoisotopic (exact) mass is 207 g/mol. The minimum absolute atomic E-state index is 0.861. The molecule has 0 bridgehead atoms. The molecule has 0 heterocycles. The maximum Gasteiger partial charge on any atom is 0.00698 e. The Bertz CT molecular complexity index is 205. The normalized spacial score (nSPS) is 36.4. The summed E-state index contributed by atoms with van der Waals surface area (Å²) < 4.78 is 0. The molecule has 1 heteroatoms. The number of hydrogen-bond donors (Lipinski definition) is 1. The molecule has 0 aliphatic heterocycles. The Morgan fingerprint density at radius 2 is 1.67 bits per heavy atom. The first kappa shape index (κ1) is 10.1. The molecule has 2 unspecified atom stereocenters. The first-order valence-corrected chi connectivity index (χ1v) is 7.06. The van der Waals surface area contributed by atoms with Gasteiger partial charge in [0, 0.05) is 6.04 Å². The van der Waals surface area contributed by atoms with Crippen LogP contribution in [0.3, 0.4) is 0 Å². The first-order chi connectivity index (χ1) is 7.33. The largest absolute Gasteiger partial charge is 0.314 e. The molecule has 0 aromatic rings. The van der Waals surface area contributed by atoms with Gasteiger partial charge in [0.15, 0.2) is 0 Å². The molecule has 0 radical (unpaired) electrons. The van der Waals surface area contributed by atoms with Crippen LogP contribution in [0.1, 0.15) is 51.9 Å². The van der Waals surface area contributed by atoms with Crippen molar-refractivity contribution in [2.45, 2.75) is 57.9 Å². The summed E-state index contributed by atoms with van der Waals surface area (Å²) in [5.41, 5.74) is 0. The molecule has 3 aliphatic rings. The van der Waals surface area contributed by atoms with E-state index in [9.17, 15) is 0 Å². The van der Waals surface area contributed by atoms with Crippen LogP contribution in [0, 0.1) is 23.7 Å². The predicted octanol–water partition coefficient (Wildman–Crippen LogP) is 3.20. The lowest BCUT2D eigenvalue weighted by molar-refractivity contribution is 0.352. The van der Waals surface area contributed by atoms with Gasteiger partial charge < -0.3 is 5.32 Å². The molecule has 3 rings (SSSR count). The van der Waals surface area contributed by atoms with Gasteiger partial charge >= 0.3 is 0 Å². The van der Waals surface area contributed by atoms with E-state index in [0.717, 1.165) is 29.7 Å². The zero-order valence-electron chi connectivity index (χ0n) is 10.0. The van der Waals surface area contributed by atoms with Gasteiger partial charge in [0.1, 0.15) is 0 Å². The molecule has 1 nitrogen and oxygen atoms in total. The van der Waals surface area contributed by atoms with Gasteiger partial charge in [-0.05, 0) is 75.2 Å². The van der Waals surface area contributed by atoms with E-state index < -0.39 is 0 Å². The molecular formula is C14H25N. The van der Waals surface area contributed by atoms with E-state index in [0.29, 0.717) is 0 Å². The summed E-state index contributed by atoms with van der Waals surface area (Å²) in [6, 6.07) is 0.861. The molecule has 15 heavy (non-hydrogen) atoms. The third-order valence-electron chi connectivity index (χ3n) is 4.79. The first-order valence-electron chi connectivity index (χ1n) is 7.06. The predicted molar refractivity (Wildman–Crippen MR) is 63.7 cm³/mol. The lowest BCUT2D eigenvalue weighted by atomic mass is 9.97. The van der Waals surface area contributed by atoms with Crippen molar-refractivity contribution in [3.8, 4) is 0 Å². The molecular weight excluding hydrogens is 182 g/mol. The molecule has 0 aromatic carbocycles. The molecule has 3 saturated carbocycles. The summed E-state index contributed by atoms with van der Waals surface area (Å²) in [6.45, 7) is 3.74. The van der Waals surface area contributed by atoms with Gasteiger partial charge in [-0.2, -0.15) is 0 Å². The zero-order valence-corrected chi connectivity index (χ0v) is 10.0. The highest BCUT2D eigenvalue weighted by molar-refractivity contribution is 4.93. The molecule has 3 aliphatic carbocycles. The fourth-order valence-corrected chi connectivity index (χ4v) is 3.46. The van der Waals surface area contributed by atoms with Crippen molar-refractivity contribution in [3.05, 3.63) is 0 Å². The SMILES string of the molecule is CC1CCC(NCC(C2CC2)C2CC2)C1. The summed E-state index contributed by atoms with van der Waals surface area (Å²) in [7, 11) is 0. The van der Waals surface area contributed by atoms with E-state index in [1.807, 2.05) is 0 Å². The lowest BCUT2D eigenvalue weighted by Crippen LogP contribution is -2.33. The van der Waals surface area contributed by atoms with Crippen molar-refractivity contribution in [2.75, 3.05) is 6.54 Å². The van der Waals surface area contributed by atoms with E-state index in [-0.39, 0.29) is 0 Å². The van der Waals surface area contributed by atoms with Crippen LogP contribution in [-0.4, -0.2) is 12.6 Å². The second kappa shape index (κ2) is 4.08. The quantitative estimate of drug-likeness (QED) is 0.730. The van der Waals surface area contributed by atoms with Crippen molar-refractivity contribution in [3.63, 3.8) is 0 Å². The maximum atomic E-state index is 3.85. The third kappa shape index (κ3) is 2.55. The minimum atomic E-state index is 0.861. The molecule has 0 aromatic heterocycles. The standard InChI is InChI=1S/C14H25N/c1-10-2-7-13(8-10)15-9-14(11-3-4-11)12-5-6-12/h10-15H,2-9H2,1H3. The number of rotatable bonds is 5. The third-order valence-corrected chi connectivity index (χ3v) is 4.79. The molecule has 0 saturated heterocycles. The smallest absolute Gasteiger partial charge is 0.00698 e. The second-order valence-corrected chi connectivity index (χ2v) is 6.36. The lowest BCUT2D eigenvalue weighted by Gasteiger charge is -2.20. The Balaban J connectivity index is 1.43.